The third-order valence-corrected chi connectivity index (χ3v) is 10.3. The molecular formula is C29H31N8O5S3+. The molecule has 2 aliphatic rings. The number of hydrogen-bond donors (Lipinski definition) is 5. The Morgan fingerprint density at radius 2 is 1.98 bits per heavy atom. The van der Waals surface area contributed by atoms with Crippen LogP contribution in [0.3, 0.4) is 0 Å². The van der Waals surface area contributed by atoms with Gasteiger partial charge in [0, 0.05) is 31.0 Å². The molecular weight excluding hydrogens is 637 g/mol. The minimum Gasteiger partial charge on any atom is -0.477 e. The van der Waals surface area contributed by atoms with Gasteiger partial charge in [-0.1, -0.05) is 30.0 Å². The van der Waals surface area contributed by atoms with Gasteiger partial charge in [0.2, 0.25) is 5.91 Å². The largest absolute Gasteiger partial charge is 0.477 e. The molecule has 234 valence electrons. The van der Waals surface area contributed by atoms with Crippen LogP contribution in [0.5, 0.6) is 0 Å². The number of aliphatic imine (C=N–C) groups is 1. The highest BCUT2D eigenvalue weighted by Crippen LogP contribution is 2.40. The number of carbonyl (C=O) groups excluding carboxylic acids is 3. The van der Waals surface area contributed by atoms with E-state index in [1.807, 2.05) is 28.8 Å². The van der Waals surface area contributed by atoms with Gasteiger partial charge in [-0.05, 0) is 30.2 Å². The van der Waals surface area contributed by atoms with Gasteiger partial charge < -0.3 is 27.2 Å². The van der Waals surface area contributed by atoms with Gasteiger partial charge in [-0.2, -0.15) is 0 Å². The Morgan fingerprint density at radius 1 is 1.20 bits per heavy atom. The number of aromatic nitrogens is 2. The molecule has 16 heteroatoms. The topological polar surface area (TPSA) is 197 Å². The van der Waals surface area contributed by atoms with E-state index in [1.165, 1.54) is 39.8 Å². The quantitative estimate of drug-likeness (QED) is 0.0439. The number of pyridine rings is 1. The van der Waals surface area contributed by atoms with Gasteiger partial charge in [0.25, 0.3) is 11.8 Å². The molecule has 5 rings (SSSR count). The van der Waals surface area contributed by atoms with Crippen molar-refractivity contribution in [3.63, 3.8) is 0 Å². The summed E-state index contributed by atoms with van der Waals surface area (Å²) in [5, 5.41) is 15.0. The average Bonchev–Trinajstić information content (AvgIpc) is 3.45. The van der Waals surface area contributed by atoms with Crippen molar-refractivity contribution < 1.29 is 28.9 Å². The van der Waals surface area contributed by atoms with Gasteiger partial charge in [-0.25, -0.2) is 14.3 Å². The lowest BCUT2D eigenvalue weighted by molar-refractivity contribution is -0.687. The van der Waals surface area contributed by atoms with Gasteiger partial charge in [-0.3, -0.25) is 24.3 Å². The first-order valence-corrected chi connectivity index (χ1v) is 16.7. The smallest absolute Gasteiger partial charge is 0.352 e. The van der Waals surface area contributed by atoms with Crippen molar-refractivity contribution in [2.45, 2.75) is 28.7 Å². The zero-order valence-electron chi connectivity index (χ0n) is 23.9. The monoisotopic (exact) mass is 667 g/mol. The van der Waals surface area contributed by atoms with E-state index < -0.39 is 23.3 Å². The van der Waals surface area contributed by atoms with E-state index in [2.05, 4.69) is 20.6 Å². The van der Waals surface area contributed by atoms with Crippen LogP contribution in [-0.2, 0) is 20.9 Å². The van der Waals surface area contributed by atoms with Crippen LogP contribution in [-0.4, -0.2) is 80.7 Å². The Kier molecular flexibility index (Phi) is 10.4. The van der Waals surface area contributed by atoms with Crippen molar-refractivity contribution >= 4 is 74.7 Å². The van der Waals surface area contributed by atoms with Crippen LogP contribution >= 0.6 is 34.9 Å². The number of carboxylic acids is 1. The van der Waals surface area contributed by atoms with Crippen molar-refractivity contribution in [2.24, 2.45) is 16.5 Å². The molecule has 3 amide bonds. The van der Waals surface area contributed by atoms with E-state index in [1.54, 1.807) is 36.7 Å². The maximum absolute atomic E-state index is 13.0. The molecule has 2 aromatic heterocycles. The first-order chi connectivity index (χ1) is 21.7. The van der Waals surface area contributed by atoms with Crippen LogP contribution in [0, 0.1) is 0 Å². The highest BCUT2D eigenvalue weighted by molar-refractivity contribution is 8.01. The number of allylic oxidation sites excluding steroid dienone is 2. The fourth-order valence-corrected chi connectivity index (χ4v) is 7.86. The summed E-state index contributed by atoms with van der Waals surface area (Å²) < 4.78 is 3.63. The van der Waals surface area contributed by atoms with Gasteiger partial charge in [-0.15, -0.1) is 23.1 Å². The summed E-state index contributed by atoms with van der Waals surface area (Å²) in [6.07, 6.45) is 7.60. The lowest BCUT2D eigenvalue weighted by atomic mass is 10.0. The standard InChI is InChI=1S/C29H30N8O5S3/c30-28(31)33-11-4-10-32-24(39)17-8-13-36(14-9-17)12-3-5-18-15-43-26-22(25(40)37(26)23(18)27(41)42)35-21(38)16-44-29-34-19-6-1-2-7-20(19)45-29/h1-3,5-9,13-14,22,26H,4,10-12,15-16H2,(H6-,30,31,32,33,35,38,39,41,42)/p+1/b5-3+/t22-,26-/m1/s1. The van der Waals surface area contributed by atoms with Crippen LogP contribution in [0.25, 0.3) is 10.2 Å². The molecule has 2 atom stereocenters. The zero-order valence-corrected chi connectivity index (χ0v) is 26.4. The molecule has 45 heavy (non-hydrogen) atoms. The number of thioether (sulfide) groups is 2. The zero-order chi connectivity index (χ0) is 31.9. The number of aliphatic carboxylic acids is 1. The molecule has 0 bridgehead atoms. The molecule has 7 N–H and O–H groups in total. The highest BCUT2D eigenvalue weighted by atomic mass is 32.2. The molecule has 1 aromatic carbocycles. The molecule has 0 radical (unpaired) electrons. The normalized spacial score (nSPS) is 17.6. The summed E-state index contributed by atoms with van der Waals surface area (Å²) in [5.41, 5.74) is 12.4. The van der Waals surface area contributed by atoms with E-state index in [0.29, 0.717) is 42.9 Å². The van der Waals surface area contributed by atoms with Crippen LogP contribution in [0.2, 0.25) is 0 Å². The fraction of sp³-hybridized carbons (Fsp3) is 0.276. The van der Waals surface area contributed by atoms with Crippen molar-refractivity contribution in [1.82, 2.24) is 20.5 Å². The number of rotatable bonds is 13. The van der Waals surface area contributed by atoms with Gasteiger partial charge in [0.15, 0.2) is 29.2 Å². The van der Waals surface area contributed by atoms with Crippen LogP contribution in [0.15, 0.2) is 81.5 Å². The van der Waals surface area contributed by atoms with E-state index in [4.69, 9.17) is 11.5 Å². The Balaban J connectivity index is 1.12. The number of fused-ring (bicyclic) bond motifs is 2. The number of hydrogen-bond acceptors (Lipinski definition) is 9. The van der Waals surface area contributed by atoms with Gasteiger partial charge in [0.1, 0.15) is 17.1 Å². The summed E-state index contributed by atoms with van der Waals surface area (Å²) in [4.78, 5) is 59.8. The molecule has 0 saturated carbocycles. The number of amides is 3. The first kappa shape index (κ1) is 32.0. The molecule has 2 aliphatic heterocycles. The number of guanidine groups is 1. The number of thiazole rings is 1. The van der Waals surface area contributed by atoms with Crippen LogP contribution < -0.4 is 26.7 Å². The second kappa shape index (κ2) is 14.6. The predicted octanol–water partition coefficient (Wildman–Crippen LogP) is 1.06. The summed E-state index contributed by atoms with van der Waals surface area (Å²) in [6.45, 7) is 1.28. The van der Waals surface area contributed by atoms with Crippen molar-refractivity contribution in [3.05, 3.63) is 77.8 Å². The van der Waals surface area contributed by atoms with E-state index in [0.717, 1.165) is 14.6 Å². The number of carboxylic acid groups (broad SMARTS) is 1. The molecule has 3 aromatic rings. The third-order valence-electron chi connectivity index (χ3n) is 6.82. The SMILES string of the molecule is NC(N)=NCCCNC(=O)c1cc[n+](C/C=C/C2=C(C(=O)O)N3C(=O)[C@@H](NC(=O)CSc4nc5ccccc5s4)[C@H]3SC2)cc1. The summed E-state index contributed by atoms with van der Waals surface area (Å²) in [5.74, 6) is -1.70. The molecule has 0 spiro atoms. The minimum absolute atomic E-state index is 0.0146. The van der Waals surface area contributed by atoms with Crippen molar-refractivity contribution in [1.29, 1.82) is 0 Å². The number of para-hydroxylation sites is 1. The van der Waals surface area contributed by atoms with E-state index in [-0.39, 0.29) is 29.2 Å². The van der Waals surface area contributed by atoms with Crippen molar-refractivity contribution in [2.75, 3.05) is 24.6 Å². The average molecular weight is 668 g/mol. The van der Waals surface area contributed by atoms with E-state index >= 15 is 0 Å². The number of nitrogens with zero attached hydrogens (tertiary/aromatic N) is 4. The Labute approximate surface area is 270 Å². The fourth-order valence-electron chi connectivity index (χ4n) is 4.66. The summed E-state index contributed by atoms with van der Waals surface area (Å²) in [6, 6.07) is 10.3. The number of benzene rings is 1. The number of carbonyl (C=O) groups is 4. The van der Waals surface area contributed by atoms with Crippen LogP contribution in [0.4, 0.5) is 0 Å². The Hall–Kier alpha value is -4.41. The highest BCUT2D eigenvalue weighted by Gasteiger charge is 2.53. The second-order valence-electron chi connectivity index (χ2n) is 9.97. The third kappa shape index (κ3) is 7.82. The summed E-state index contributed by atoms with van der Waals surface area (Å²) in [7, 11) is 0. The number of nitrogens with one attached hydrogen (secondary N) is 2. The maximum Gasteiger partial charge on any atom is 0.352 e. The van der Waals surface area contributed by atoms with Crippen LogP contribution in [0.1, 0.15) is 16.8 Å². The Bertz CT molecular complexity index is 1670. The molecule has 4 heterocycles. The molecule has 1 fully saturated rings. The lowest BCUT2D eigenvalue weighted by Crippen LogP contribution is -2.70. The van der Waals surface area contributed by atoms with Gasteiger partial charge >= 0.3 is 5.97 Å². The molecule has 0 unspecified atom stereocenters. The minimum atomic E-state index is -1.20. The Morgan fingerprint density at radius 3 is 2.71 bits per heavy atom. The van der Waals surface area contributed by atoms with Gasteiger partial charge in [0.05, 0.1) is 21.5 Å². The van der Waals surface area contributed by atoms with E-state index in [9.17, 15) is 24.3 Å². The molecule has 0 aliphatic carbocycles. The summed E-state index contributed by atoms with van der Waals surface area (Å²) >= 11 is 4.21. The second-order valence-corrected chi connectivity index (χ2v) is 13.3. The van der Waals surface area contributed by atoms with Crippen molar-refractivity contribution in [3.8, 4) is 0 Å². The predicted molar refractivity (Wildman–Crippen MR) is 173 cm³/mol. The number of nitrogens with two attached hydrogens (primary N) is 2. The molecule has 13 nitrogen and oxygen atoms in total. The molecule has 1 saturated heterocycles. The first-order valence-electron chi connectivity index (χ1n) is 13.9. The number of β-lactam (4-membered cyclic amide) rings is 1. The maximum atomic E-state index is 13.0. The lowest BCUT2D eigenvalue weighted by Gasteiger charge is -2.49.